The van der Waals surface area contributed by atoms with Crippen molar-refractivity contribution in [1.29, 1.82) is 0 Å². The van der Waals surface area contributed by atoms with E-state index in [2.05, 4.69) is 11.9 Å². The van der Waals surface area contributed by atoms with E-state index in [1.54, 1.807) is 24.3 Å². The van der Waals surface area contributed by atoms with Crippen molar-refractivity contribution in [1.82, 2.24) is 4.98 Å². The van der Waals surface area contributed by atoms with E-state index in [1.165, 1.54) is 0 Å². The van der Waals surface area contributed by atoms with Crippen LogP contribution in [-0.2, 0) is 15.5 Å². The number of rotatable bonds is 11. The average Bonchev–Trinajstić information content (AvgIpc) is 3.20. The highest BCUT2D eigenvalue weighted by Crippen LogP contribution is 2.57. The lowest BCUT2D eigenvalue weighted by Crippen LogP contribution is -2.27. The highest BCUT2D eigenvalue weighted by Gasteiger charge is 2.41. The van der Waals surface area contributed by atoms with E-state index in [9.17, 15) is 19.4 Å². The molecule has 0 bridgehead atoms. The molecule has 0 spiro atoms. The van der Waals surface area contributed by atoms with Crippen molar-refractivity contribution in [2.75, 3.05) is 0 Å². The Morgan fingerprint density at radius 1 is 1.03 bits per heavy atom. The van der Waals surface area contributed by atoms with Crippen LogP contribution in [0.1, 0.15) is 56.1 Å². The highest BCUT2D eigenvalue weighted by molar-refractivity contribution is 7.58. The van der Waals surface area contributed by atoms with Crippen molar-refractivity contribution in [2.45, 2.75) is 56.8 Å². The number of nitrogens with one attached hydrogen (secondary N) is 1. The number of hydrogen-bond acceptors (Lipinski definition) is 2. The van der Waals surface area contributed by atoms with Crippen molar-refractivity contribution in [3.8, 4) is 0 Å². The summed E-state index contributed by atoms with van der Waals surface area (Å²) in [6, 6.07) is 16.4. The highest BCUT2D eigenvalue weighted by atomic mass is 31.2. The van der Waals surface area contributed by atoms with Crippen LogP contribution in [0.15, 0.2) is 60.8 Å². The van der Waals surface area contributed by atoms with Gasteiger partial charge in [0.15, 0.2) is 0 Å². The Labute approximate surface area is 177 Å². The number of carbonyl (C=O) groups is 1. The molecule has 0 radical (unpaired) electrons. The predicted molar refractivity (Wildman–Crippen MR) is 121 cm³/mol. The second kappa shape index (κ2) is 10.1. The van der Waals surface area contributed by atoms with Gasteiger partial charge in [0.25, 0.3) is 0 Å². The Hall–Kier alpha value is -2.36. The van der Waals surface area contributed by atoms with Crippen molar-refractivity contribution in [2.24, 2.45) is 0 Å². The normalized spacial score (nSPS) is 15.5. The zero-order valence-electron chi connectivity index (χ0n) is 17.3. The fourth-order valence-corrected chi connectivity index (χ4v) is 6.57. The zero-order chi connectivity index (χ0) is 21.6. The number of carboxylic acid groups (broad SMARTS) is 1. The molecule has 3 N–H and O–H groups in total. The van der Waals surface area contributed by atoms with Gasteiger partial charge in [0.2, 0.25) is 7.37 Å². The molecule has 3 aromatic rings. The third kappa shape index (κ3) is 5.21. The number of carboxylic acids is 1. The van der Waals surface area contributed by atoms with E-state index >= 15 is 0 Å². The Morgan fingerprint density at radius 2 is 1.80 bits per heavy atom. The topological polar surface area (TPSA) is 90.4 Å². The van der Waals surface area contributed by atoms with Gasteiger partial charge in [-0.15, -0.1) is 0 Å². The summed E-state index contributed by atoms with van der Waals surface area (Å²) in [4.78, 5) is 26.6. The maximum Gasteiger partial charge on any atom is 0.311 e. The van der Waals surface area contributed by atoms with Crippen LogP contribution in [0.3, 0.4) is 0 Å². The second-order valence-electron chi connectivity index (χ2n) is 7.91. The molecule has 3 unspecified atom stereocenters. The van der Waals surface area contributed by atoms with Crippen molar-refractivity contribution in [3.05, 3.63) is 71.9 Å². The molecule has 3 rings (SSSR count). The van der Waals surface area contributed by atoms with E-state index in [0.717, 1.165) is 42.1 Å². The number of aromatic nitrogens is 1. The number of fused-ring (bicyclic) bond motifs is 1. The molecule has 0 amide bonds. The molecule has 6 heteroatoms. The average molecular weight is 427 g/mol. The fraction of sp³-hybridized carbons (Fsp3) is 0.375. The van der Waals surface area contributed by atoms with Gasteiger partial charge in [-0.05, 0) is 29.7 Å². The Balaban J connectivity index is 1.95. The number of aliphatic carboxylic acids is 1. The summed E-state index contributed by atoms with van der Waals surface area (Å²) in [5, 5.41) is 10.9. The number of hydrogen-bond donors (Lipinski definition) is 3. The minimum atomic E-state index is -3.82. The molecule has 0 aliphatic rings. The molecule has 1 heterocycles. The zero-order valence-corrected chi connectivity index (χ0v) is 18.2. The molecule has 5 nitrogen and oxygen atoms in total. The molecular weight excluding hydrogens is 397 g/mol. The van der Waals surface area contributed by atoms with Crippen molar-refractivity contribution in [3.63, 3.8) is 0 Å². The molecule has 0 saturated carbocycles. The van der Waals surface area contributed by atoms with Crippen LogP contribution in [0.25, 0.3) is 10.9 Å². The Morgan fingerprint density at radius 3 is 2.50 bits per heavy atom. The predicted octanol–water partition coefficient (Wildman–Crippen LogP) is 6.15. The van der Waals surface area contributed by atoms with Crippen LogP contribution in [0.5, 0.6) is 0 Å². The lowest BCUT2D eigenvalue weighted by molar-refractivity contribution is -0.139. The molecular formula is C24H30NO4P. The van der Waals surface area contributed by atoms with Gasteiger partial charge in [-0.25, -0.2) is 0 Å². The van der Waals surface area contributed by atoms with Crippen LogP contribution in [0, 0.1) is 0 Å². The summed E-state index contributed by atoms with van der Waals surface area (Å²) in [5.74, 6) is -2.05. The lowest BCUT2D eigenvalue weighted by atomic mass is 9.92. The molecule has 2 aromatic carbocycles. The van der Waals surface area contributed by atoms with Crippen molar-refractivity contribution >= 4 is 24.2 Å². The van der Waals surface area contributed by atoms with Gasteiger partial charge in [-0.2, -0.15) is 0 Å². The smallest absolute Gasteiger partial charge is 0.311 e. The quantitative estimate of drug-likeness (QED) is 0.253. The van der Waals surface area contributed by atoms with Gasteiger partial charge < -0.3 is 15.0 Å². The van der Waals surface area contributed by atoms with Crippen LogP contribution < -0.4 is 0 Å². The molecule has 30 heavy (non-hydrogen) atoms. The number of unbranched alkanes of at least 4 members (excludes halogenated alkanes) is 3. The van der Waals surface area contributed by atoms with E-state index in [-0.39, 0.29) is 6.16 Å². The SMILES string of the molecule is CCCCCCC(C(C(=O)O)c1ccccc1)P(=O)(O)Cc1cccc2[nH]ccc12. The summed E-state index contributed by atoms with van der Waals surface area (Å²) >= 11 is 0. The maximum absolute atomic E-state index is 13.7. The third-order valence-corrected chi connectivity index (χ3v) is 8.15. The second-order valence-corrected chi connectivity index (χ2v) is 10.4. The summed E-state index contributed by atoms with van der Waals surface area (Å²) in [6.07, 6.45) is 5.96. The molecule has 3 atom stereocenters. The van der Waals surface area contributed by atoms with Gasteiger partial charge in [0.1, 0.15) is 0 Å². The van der Waals surface area contributed by atoms with Crippen LogP contribution in [0.4, 0.5) is 0 Å². The first-order valence-electron chi connectivity index (χ1n) is 10.6. The summed E-state index contributed by atoms with van der Waals surface area (Å²) in [7, 11) is -3.82. The van der Waals surface area contributed by atoms with E-state index in [0.29, 0.717) is 12.0 Å². The first-order valence-corrected chi connectivity index (χ1v) is 12.5. The van der Waals surface area contributed by atoms with Crippen LogP contribution in [0.2, 0.25) is 0 Å². The van der Waals surface area contributed by atoms with Gasteiger partial charge in [-0.3, -0.25) is 9.36 Å². The van der Waals surface area contributed by atoms with Crippen molar-refractivity contribution < 1.29 is 19.4 Å². The minimum absolute atomic E-state index is 0.0305. The first kappa shape index (κ1) is 22.3. The lowest BCUT2D eigenvalue weighted by Gasteiger charge is -2.29. The van der Waals surface area contributed by atoms with E-state index in [1.807, 2.05) is 36.5 Å². The summed E-state index contributed by atoms with van der Waals surface area (Å²) < 4.78 is 13.7. The minimum Gasteiger partial charge on any atom is -0.481 e. The monoisotopic (exact) mass is 427 g/mol. The largest absolute Gasteiger partial charge is 0.481 e. The Bertz CT molecular complexity index is 1010. The maximum atomic E-state index is 13.7. The van der Waals surface area contributed by atoms with Crippen LogP contribution in [-0.4, -0.2) is 26.6 Å². The molecule has 0 aliphatic heterocycles. The third-order valence-electron chi connectivity index (χ3n) is 5.76. The summed E-state index contributed by atoms with van der Waals surface area (Å²) in [5.41, 5.74) is 1.43. The first-order chi connectivity index (χ1) is 14.4. The van der Waals surface area contributed by atoms with Crippen LogP contribution >= 0.6 is 7.37 Å². The molecule has 1 aromatic heterocycles. The standard InChI is InChI=1S/C24H30NO4P/c1-2-3-4-8-14-22(23(24(26)27)18-10-6-5-7-11-18)30(28,29)17-19-12-9-13-21-20(19)15-16-25-21/h5-7,9-13,15-16,22-23,25H,2-4,8,14,17H2,1H3,(H,26,27)(H,28,29). The van der Waals surface area contributed by atoms with Gasteiger partial charge in [0.05, 0.1) is 17.7 Å². The Kier molecular flexibility index (Phi) is 7.52. The van der Waals surface area contributed by atoms with Gasteiger partial charge in [-0.1, -0.05) is 75.1 Å². The van der Waals surface area contributed by atoms with Gasteiger partial charge in [0, 0.05) is 17.1 Å². The van der Waals surface area contributed by atoms with E-state index < -0.39 is 24.9 Å². The fourth-order valence-electron chi connectivity index (χ4n) is 4.22. The summed E-state index contributed by atoms with van der Waals surface area (Å²) in [6.45, 7) is 2.11. The number of H-pyrrole nitrogens is 1. The number of aromatic amines is 1. The van der Waals surface area contributed by atoms with Gasteiger partial charge >= 0.3 is 5.97 Å². The number of benzene rings is 2. The molecule has 0 aliphatic carbocycles. The molecule has 0 saturated heterocycles. The molecule has 0 fully saturated rings. The van der Waals surface area contributed by atoms with E-state index in [4.69, 9.17) is 0 Å². The molecule has 160 valence electrons.